The smallest absolute Gasteiger partial charge is 0.453 e. The summed E-state index contributed by atoms with van der Waals surface area (Å²) < 4.78 is 48.5. The molecule has 0 aliphatic carbocycles. The lowest BCUT2D eigenvalue weighted by Crippen LogP contribution is -2.38. The SMILES string of the molecule is CCOC(=O)c1nnsc1NC(=O)C1CCN(c2ccc3nnc(C(F)(F)F)n3n2)CC1. The zero-order chi connectivity index (χ0) is 22.9. The van der Waals surface area contributed by atoms with Crippen LogP contribution in [0.5, 0.6) is 0 Å². The standard InChI is InChI=1S/C17H17F3N8O3S/c1-2-31-15(30)12-14(32-26-23-12)21-13(29)9-5-7-27(8-6-9)11-4-3-10-22-24-16(17(18,19)20)28(10)25-11/h3-4,9H,2,5-8H2,1H3,(H,21,29). The van der Waals surface area contributed by atoms with Gasteiger partial charge in [-0.3, -0.25) is 4.79 Å². The third-order valence-electron chi connectivity index (χ3n) is 4.89. The van der Waals surface area contributed by atoms with Gasteiger partial charge in [-0.2, -0.15) is 17.7 Å². The van der Waals surface area contributed by atoms with Crippen LogP contribution in [-0.2, 0) is 15.7 Å². The Kier molecular flexibility index (Phi) is 5.90. The minimum Gasteiger partial charge on any atom is -0.461 e. The first kappa shape index (κ1) is 21.9. The number of amides is 1. The number of rotatable bonds is 5. The van der Waals surface area contributed by atoms with Crippen molar-refractivity contribution in [3.8, 4) is 0 Å². The Hall–Kier alpha value is -3.36. The first-order chi connectivity index (χ1) is 15.3. The van der Waals surface area contributed by atoms with Crippen LogP contribution in [0.4, 0.5) is 24.0 Å². The number of nitrogens with one attached hydrogen (secondary N) is 1. The van der Waals surface area contributed by atoms with Crippen LogP contribution in [0.15, 0.2) is 12.1 Å². The monoisotopic (exact) mass is 470 g/mol. The van der Waals surface area contributed by atoms with Gasteiger partial charge in [-0.05, 0) is 31.9 Å². The molecular weight excluding hydrogens is 453 g/mol. The van der Waals surface area contributed by atoms with E-state index in [2.05, 4.69) is 30.2 Å². The van der Waals surface area contributed by atoms with Crippen LogP contribution in [0.25, 0.3) is 5.65 Å². The van der Waals surface area contributed by atoms with E-state index < -0.39 is 18.0 Å². The van der Waals surface area contributed by atoms with Crippen molar-refractivity contribution in [2.45, 2.75) is 25.9 Å². The number of piperidine rings is 1. The summed E-state index contributed by atoms with van der Waals surface area (Å²) in [6.45, 7) is 2.64. The van der Waals surface area contributed by atoms with Gasteiger partial charge in [-0.1, -0.05) is 4.49 Å². The quantitative estimate of drug-likeness (QED) is 0.557. The summed E-state index contributed by atoms with van der Waals surface area (Å²) in [7, 11) is 0. The van der Waals surface area contributed by atoms with Crippen molar-refractivity contribution in [2.75, 3.05) is 29.9 Å². The lowest BCUT2D eigenvalue weighted by molar-refractivity contribution is -0.146. The van der Waals surface area contributed by atoms with Crippen LogP contribution >= 0.6 is 11.5 Å². The van der Waals surface area contributed by atoms with E-state index in [1.807, 2.05) is 0 Å². The lowest BCUT2D eigenvalue weighted by atomic mass is 9.96. The summed E-state index contributed by atoms with van der Waals surface area (Å²) in [6.07, 6.45) is -3.79. The summed E-state index contributed by atoms with van der Waals surface area (Å²) in [5.41, 5.74) is -0.0551. The molecule has 1 amide bonds. The van der Waals surface area contributed by atoms with Gasteiger partial charge >= 0.3 is 12.1 Å². The number of carbonyl (C=O) groups is 2. The molecule has 1 aliphatic heterocycles. The number of ether oxygens (including phenoxy) is 1. The van der Waals surface area contributed by atoms with Crippen molar-refractivity contribution >= 4 is 39.9 Å². The molecule has 32 heavy (non-hydrogen) atoms. The molecule has 3 aromatic heterocycles. The van der Waals surface area contributed by atoms with Crippen LogP contribution in [-0.4, -0.2) is 61.0 Å². The van der Waals surface area contributed by atoms with Gasteiger partial charge in [-0.25, -0.2) is 4.79 Å². The van der Waals surface area contributed by atoms with E-state index in [1.54, 1.807) is 17.9 Å². The molecule has 0 atom stereocenters. The lowest BCUT2D eigenvalue weighted by Gasteiger charge is -2.31. The number of aromatic nitrogens is 6. The van der Waals surface area contributed by atoms with E-state index in [-0.39, 0.29) is 34.8 Å². The second kappa shape index (κ2) is 8.64. The molecule has 1 fully saturated rings. The number of nitrogens with zero attached hydrogens (tertiary/aromatic N) is 7. The van der Waals surface area contributed by atoms with Gasteiger partial charge in [-0.15, -0.1) is 20.4 Å². The number of fused-ring (bicyclic) bond motifs is 1. The van der Waals surface area contributed by atoms with Crippen molar-refractivity contribution in [1.29, 1.82) is 0 Å². The number of anilines is 2. The molecule has 0 bridgehead atoms. The average molecular weight is 470 g/mol. The molecular formula is C17H17F3N8O3S. The van der Waals surface area contributed by atoms with Gasteiger partial charge in [0.2, 0.25) is 11.6 Å². The highest BCUT2D eigenvalue weighted by molar-refractivity contribution is 7.10. The predicted molar refractivity (Wildman–Crippen MR) is 105 cm³/mol. The fraction of sp³-hybridized carbons (Fsp3) is 0.471. The van der Waals surface area contributed by atoms with Crippen molar-refractivity contribution in [1.82, 2.24) is 29.4 Å². The van der Waals surface area contributed by atoms with Crippen LogP contribution in [0.3, 0.4) is 0 Å². The van der Waals surface area contributed by atoms with E-state index in [4.69, 9.17) is 4.74 Å². The van der Waals surface area contributed by atoms with Gasteiger partial charge in [0.25, 0.3) is 5.82 Å². The Bertz CT molecular complexity index is 1140. The normalized spacial score (nSPS) is 15.2. The molecule has 170 valence electrons. The fourth-order valence-electron chi connectivity index (χ4n) is 3.32. The molecule has 0 spiro atoms. The van der Waals surface area contributed by atoms with Gasteiger partial charge in [0.05, 0.1) is 6.61 Å². The summed E-state index contributed by atoms with van der Waals surface area (Å²) in [4.78, 5) is 26.3. The largest absolute Gasteiger partial charge is 0.461 e. The molecule has 0 radical (unpaired) electrons. The van der Waals surface area contributed by atoms with Crippen molar-refractivity contribution < 1.29 is 27.5 Å². The molecule has 1 saturated heterocycles. The zero-order valence-electron chi connectivity index (χ0n) is 16.7. The van der Waals surface area contributed by atoms with Gasteiger partial charge < -0.3 is 15.0 Å². The maximum atomic E-state index is 13.1. The molecule has 1 N–H and O–H groups in total. The third kappa shape index (κ3) is 4.32. The number of halogens is 3. The second-order valence-corrected chi connectivity index (χ2v) is 7.66. The summed E-state index contributed by atoms with van der Waals surface area (Å²) in [6, 6.07) is 2.98. The van der Waals surface area contributed by atoms with Crippen LogP contribution in [0, 0.1) is 5.92 Å². The second-order valence-electron chi connectivity index (χ2n) is 6.90. The molecule has 4 heterocycles. The zero-order valence-corrected chi connectivity index (χ0v) is 17.5. The number of alkyl halides is 3. The molecule has 11 nitrogen and oxygen atoms in total. The van der Waals surface area contributed by atoms with Crippen molar-refractivity contribution in [3.05, 3.63) is 23.7 Å². The van der Waals surface area contributed by atoms with Crippen molar-refractivity contribution in [3.63, 3.8) is 0 Å². The number of esters is 1. The maximum absolute atomic E-state index is 13.1. The highest BCUT2D eigenvalue weighted by Gasteiger charge is 2.38. The number of carbonyl (C=O) groups excluding carboxylic acids is 2. The summed E-state index contributed by atoms with van der Waals surface area (Å²) >= 11 is 0.878. The Balaban J connectivity index is 1.41. The van der Waals surface area contributed by atoms with E-state index in [0.717, 1.165) is 11.5 Å². The molecule has 4 rings (SSSR count). The predicted octanol–water partition coefficient (Wildman–Crippen LogP) is 2.03. The average Bonchev–Trinajstić information content (AvgIpc) is 3.40. The fourth-order valence-corrected chi connectivity index (χ4v) is 3.88. The first-order valence-electron chi connectivity index (χ1n) is 9.63. The third-order valence-corrected chi connectivity index (χ3v) is 5.53. The van der Waals surface area contributed by atoms with Crippen LogP contribution in [0.1, 0.15) is 36.1 Å². The Morgan fingerprint density at radius 2 is 1.97 bits per heavy atom. The maximum Gasteiger partial charge on any atom is 0.453 e. The van der Waals surface area contributed by atoms with Gasteiger partial charge in [0.15, 0.2) is 10.6 Å². The topological polar surface area (TPSA) is 128 Å². The number of hydrogen-bond acceptors (Lipinski definition) is 10. The molecule has 1 aliphatic rings. The molecule has 0 saturated carbocycles. The van der Waals surface area contributed by atoms with Crippen LogP contribution < -0.4 is 10.2 Å². The van der Waals surface area contributed by atoms with Crippen LogP contribution in [0.2, 0.25) is 0 Å². The van der Waals surface area contributed by atoms with Crippen molar-refractivity contribution in [2.24, 2.45) is 5.92 Å². The highest BCUT2D eigenvalue weighted by Crippen LogP contribution is 2.29. The summed E-state index contributed by atoms with van der Waals surface area (Å²) in [5, 5.41) is 17.3. The summed E-state index contributed by atoms with van der Waals surface area (Å²) in [5.74, 6) is -2.17. The number of hydrogen-bond donors (Lipinski definition) is 1. The minimum atomic E-state index is -4.68. The Morgan fingerprint density at radius 3 is 2.66 bits per heavy atom. The molecule has 0 unspecified atom stereocenters. The minimum absolute atomic E-state index is 0.00842. The van der Waals surface area contributed by atoms with E-state index in [9.17, 15) is 22.8 Å². The van der Waals surface area contributed by atoms with Gasteiger partial charge in [0.1, 0.15) is 5.82 Å². The Labute approximate surface area is 182 Å². The van der Waals surface area contributed by atoms with E-state index in [0.29, 0.717) is 36.3 Å². The Morgan fingerprint density at radius 1 is 1.22 bits per heavy atom. The molecule has 3 aromatic rings. The van der Waals surface area contributed by atoms with Gasteiger partial charge in [0, 0.05) is 30.5 Å². The van der Waals surface area contributed by atoms with E-state index in [1.165, 1.54) is 6.07 Å². The first-order valence-corrected chi connectivity index (χ1v) is 10.4. The highest BCUT2D eigenvalue weighted by atomic mass is 32.1. The molecule has 0 aromatic carbocycles. The molecule has 15 heteroatoms. The van der Waals surface area contributed by atoms with E-state index >= 15 is 0 Å².